The van der Waals surface area contributed by atoms with Gasteiger partial charge in [0.15, 0.2) is 0 Å². The molecular formula is C10H18N4O. The van der Waals surface area contributed by atoms with Gasteiger partial charge in [0.1, 0.15) is 5.82 Å². The van der Waals surface area contributed by atoms with Gasteiger partial charge in [0.2, 0.25) is 5.88 Å². The highest BCUT2D eigenvalue weighted by Crippen LogP contribution is 2.09. The Morgan fingerprint density at radius 2 is 2.33 bits per heavy atom. The minimum atomic E-state index is 0.419. The second kappa shape index (κ2) is 6.19. The number of nitrogens with zero attached hydrogens (tertiary/aromatic N) is 2. The Morgan fingerprint density at radius 1 is 1.53 bits per heavy atom. The SMILES string of the molecule is CCOc1cncc(NCC(C)CN)n1. The smallest absolute Gasteiger partial charge is 0.234 e. The minimum Gasteiger partial charge on any atom is -0.477 e. The van der Waals surface area contributed by atoms with Gasteiger partial charge >= 0.3 is 0 Å². The number of anilines is 1. The van der Waals surface area contributed by atoms with Gasteiger partial charge in [-0.25, -0.2) is 0 Å². The van der Waals surface area contributed by atoms with Crippen LogP contribution in [0.4, 0.5) is 5.82 Å². The third kappa shape index (κ3) is 4.12. The molecule has 5 nitrogen and oxygen atoms in total. The van der Waals surface area contributed by atoms with Gasteiger partial charge in [-0.2, -0.15) is 4.98 Å². The van der Waals surface area contributed by atoms with E-state index in [4.69, 9.17) is 10.5 Å². The first-order valence-electron chi connectivity index (χ1n) is 5.15. The van der Waals surface area contributed by atoms with Crippen LogP contribution in [0.1, 0.15) is 13.8 Å². The van der Waals surface area contributed by atoms with Gasteiger partial charge in [0.25, 0.3) is 0 Å². The van der Waals surface area contributed by atoms with Gasteiger partial charge in [0, 0.05) is 6.54 Å². The molecule has 0 saturated carbocycles. The van der Waals surface area contributed by atoms with E-state index < -0.39 is 0 Å². The Bertz CT molecular complexity index is 293. The van der Waals surface area contributed by atoms with Gasteiger partial charge in [-0.1, -0.05) is 6.92 Å². The Morgan fingerprint density at radius 3 is 3.00 bits per heavy atom. The second-order valence-electron chi connectivity index (χ2n) is 3.40. The van der Waals surface area contributed by atoms with Crippen LogP contribution in [-0.2, 0) is 0 Å². The fourth-order valence-corrected chi connectivity index (χ4v) is 1.01. The largest absolute Gasteiger partial charge is 0.477 e. The van der Waals surface area contributed by atoms with Crippen molar-refractivity contribution in [2.75, 3.05) is 25.0 Å². The minimum absolute atomic E-state index is 0.419. The fraction of sp³-hybridized carbons (Fsp3) is 0.600. The van der Waals surface area contributed by atoms with Crippen molar-refractivity contribution in [1.29, 1.82) is 0 Å². The van der Waals surface area contributed by atoms with Crippen molar-refractivity contribution in [3.8, 4) is 5.88 Å². The quantitative estimate of drug-likeness (QED) is 0.729. The first-order chi connectivity index (χ1) is 7.26. The van der Waals surface area contributed by atoms with Crippen LogP contribution in [0.5, 0.6) is 5.88 Å². The molecule has 0 aliphatic carbocycles. The van der Waals surface area contributed by atoms with E-state index in [1.165, 1.54) is 0 Å². The van der Waals surface area contributed by atoms with E-state index in [1.54, 1.807) is 12.4 Å². The average molecular weight is 210 g/mol. The number of hydrogen-bond acceptors (Lipinski definition) is 5. The van der Waals surface area contributed by atoms with Crippen LogP contribution in [0.3, 0.4) is 0 Å². The predicted octanol–water partition coefficient (Wildman–Crippen LogP) is 0.882. The molecule has 1 heterocycles. The van der Waals surface area contributed by atoms with E-state index in [2.05, 4.69) is 22.2 Å². The molecule has 0 bridgehead atoms. The highest BCUT2D eigenvalue weighted by molar-refractivity contribution is 5.33. The lowest BCUT2D eigenvalue weighted by molar-refractivity contribution is 0.325. The Labute approximate surface area is 90.1 Å². The lowest BCUT2D eigenvalue weighted by Crippen LogP contribution is -2.20. The number of hydrogen-bond donors (Lipinski definition) is 2. The fourth-order valence-electron chi connectivity index (χ4n) is 1.01. The second-order valence-corrected chi connectivity index (χ2v) is 3.40. The van der Waals surface area contributed by atoms with E-state index in [0.29, 0.717) is 24.9 Å². The molecule has 0 aliphatic heterocycles. The molecule has 0 aromatic carbocycles. The predicted molar refractivity (Wildman–Crippen MR) is 59.9 cm³/mol. The van der Waals surface area contributed by atoms with Crippen molar-refractivity contribution in [3.63, 3.8) is 0 Å². The third-order valence-corrected chi connectivity index (χ3v) is 1.94. The van der Waals surface area contributed by atoms with Crippen LogP contribution < -0.4 is 15.8 Å². The molecule has 1 rings (SSSR count). The van der Waals surface area contributed by atoms with Crippen molar-refractivity contribution in [3.05, 3.63) is 12.4 Å². The Hall–Kier alpha value is -1.36. The molecule has 0 spiro atoms. The normalized spacial score (nSPS) is 12.2. The molecule has 0 aliphatic rings. The Kier molecular flexibility index (Phi) is 4.83. The summed E-state index contributed by atoms with van der Waals surface area (Å²) in [5, 5.41) is 3.16. The van der Waals surface area contributed by atoms with E-state index in [1.807, 2.05) is 6.92 Å². The van der Waals surface area contributed by atoms with Crippen molar-refractivity contribution < 1.29 is 4.74 Å². The lowest BCUT2D eigenvalue weighted by atomic mass is 10.2. The summed E-state index contributed by atoms with van der Waals surface area (Å²) in [5.74, 6) is 1.69. The van der Waals surface area contributed by atoms with E-state index in [-0.39, 0.29) is 0 Å². The van der Waals surface area contributed by atoms with Crippen LogP contribution in [0, 0.1) is 5.92 Å². The monoisotopic (exact) mass is 210 g/mol. The Balaban J connectivity index is 2.50. The van der Waals surface area contributed by atoms with Crippen molar-refractivity contribution >= 4 is 5.82 Å². The van der Waals surface area contributed by atoms with E-state index in [9.17, 15) is 0 Å². The van der Waals surface area contributed by atoms with Crippen molar-refractivity contribution in [1.82, 2.24) is 9.97 Å². The van der Waals surface area contributed by atoms with E-state index in [0.717, 1.165) is 12.4 Å². The highest BCUT2D eigenvalue weighted by atomic mass is 16.5. The molecule has 0 amide bonds. The number of aromatic nitrogens is 2. The summed E-state index contributed by atoms with van der Waals surface area (Å²) < 4.78 is 5.24. The molecule has 0 saturated heterocycles. The summed E-state index contributed by atoms with van der Waals surface area (Å²) in [5.41, 5.74) is 5.51. The average Bonchev–Trinajstić information content (AvgIpc) is 2.27. The molecule has 1 aromatic rings. The molecule has 0 fully saturated rings. The van der Waals surface area contributed by atoms with Crippen LogP contribution in [-0.4, -0.2) is 29.7 Å². The highest BCUT2D eigenvalue weighted by Gasteiger charge is 2.01. The lowest BCUT2D eigenvalue weighted by Gasteiger charge is -2.10. The molecular weight excluding hydrogens is 192 g/mol. The zero-order valence-electron chi connectivity index (χ0n) is 9.23. The molecule has 1 aromatic heterocycles. The first kappa shape index (κ1) is 11.7. The van der Waals surface area contributed by atoms with Crippen LogP contribution in [0.2, 0.25) is 0 Å². The van der Waals surface area contributed by atoms with Crippen molar-refractivity contribution in [2.24, 2.45) is 11.7 Å². The van der Waals surface area contributed by atoms with Gasteiger partial charge in [0.05, 0.1) is 19.0 Å². The summed E-state index contributed by atoms with van der Waals surface area (Å²) in [6.07, 6.45) is 3.27. The zero-order valence-corrected chi connectivity index (χ0v) is 9.23. The molecule has 5 heteroatoms. The maximum Gasteiger partial charge on any atom is 0.234 e. The van der Waals surface area contributed by atoms with E-state index >= 15 is 0 Å². The summed E-state index contributed by atoms with van der Waals surface area (Å²) >= 11 is 0. The molecule has 0 radical (unpaired) electrons. The molecule has 1 atom stereocenters. The molecule has 84 valence electrons. The van der Waals surface area contributed by atoms with Crippen molar-refractivity contribution in [2.45, 2.75) is 13.8 Å². The topological polar surface area (TPSA) is 73.1 Å². The molecule has 15 heavy (non-hydrogen) atoms. The maximum atomic E-state index is 5.51. The van der Waals surface area contributed by atoms with Crippen LogP contribution in [0.25, 0.3) is 0 Å². The zero-order chi connectivity index (χ0) is 11.1. The standard InChI is InChI=1S/C10H18N4O/c1-3-15-10-7-12-6-9(14-10)13-5-8(2)4-11/h6-8H,3-5,11H2,1-2H3,(H,13,14). The number of nitrogens with one attached hydrogen (secondary N) is 1. The third-order valence-electron chi connectivity index (χ3n) is 1.94. The first-order valence-corrected chi connectivity index (χ1v) is 5.15. The number of ether oxygens (including phenoxy) is 1. The van der Waals surface area contributed by atoms with Crippen LogP contribution >= 0.6 is 0 Å². The number of rotatable bonds is 6. The van der Waals surface area contributed by atoms with Gasteiger partial charge < -0.3 is 15.8 Å². The molecule has 1 unspecified atom stereocenters. The van der Waals surface area contributed by atoms with Gasteiger partial charge in [-0.05, 0) is 19.4 Å². The summed E-state index contributed by atoms with van der Waals surface area (Å²) in [6.45, 7) is 6.04. The molecule has 3 N–H and O–H groups in total. The summed E-state index contributed by atoms with van der Waals surface area (Å²) in [7, 11) is 0. The van der Waals surface area contributed by atoms with Crippen LogP contribution in [0.15, 0.2) is 12.4 Å². The van der Waals surface area contributed by atoms with Gasteiger partial charge in [-0.15, -0.1) is 0 Å². The van der Waals surface area contributed by atoms with Gasteiger partial charge in [-0.3, -0.25) is 4.98 Å². The summed E-state index contributed by atoms with van der Waals surface area (Å²) in [6, 6.07) is 0. The maximum absolute atomic E-state index is 5.51. The summed E-state index contributed by atoms with van der Waals surface area (Å²) in [4.78, 5) is 8.26. The number of nitrogens with two attached hydrogens (primary N) is 1.